The van der Waals surface area contributed by atoms with Crippen molar-refractivity contribution >= 4 is 41.0 Å². The Labute approximate surface area is 194 Å². The van der Waals surface area contributed by atoms with E-state index in [4.69, 9.17) is 25.8 Å². The molecule has 1 fully saturated rings. The van der Waals surface area contributed by atoms with Crippen LogP contribution in [0.5, 0.6) is 11.5 Å². The molecule has 3 rings (SSSR count). The quantitative estimate of drug-likeness (QED) is 0.560. The van der Waals surface area contributed by atoms with E-state index in [0.29, 0.717) is 10.7 Å². The molecule has 0 saturated carbocycles. The summed E-state index contributed by atoms with van der Waals surface area (Å²) in [5.74, 6) is -2.69. The van der Waals surface area contributed by atoms with Gasteiger partial charge in [-0.2, -0.15) is 0 Å². The summed E-state index contributed by atoms with van der Waals surface area (Å²) in [6, 6.07) is 11.3. The lowest BCUT2D eigenvalue weighted by atomic mass is 10.1. The smallest absolute Gasteiger partial charge is 0.311 e. The molecular formula is C22H22ClN3O7. The second-order valence-electron chi connectivity index (χ2n) is 7.05. The van der Waals surface area contributed by atoms with Gasteiger partial charge in [0.05, 0.1) is 26.7 Å². The van der Waals surface area contributed by atoms with Gasteiger partial charge in [0.2, 0.25) is 5.91 Å². The molecule has 0 spiro atoms. The predicted molar refractivity (Wildman–Crippen MR) is 118 cm³/mol. The Morgan fingerprint density at radius 3 is 2.39 bits per heavy atom. The molecule has 1 aliphatic heterocycles. The molecule has 2 aromatic carbocycles. The van der Waals surface area contributed by atoms with Gasteiger partial charge >= 0.3 is 5.97 Å². The molecule has 0 radical (unpaired) electrons. The van der Waals surface area contributed by atoms with E-state index in [0.717, 1.165) is 5.01 Å². The summed E-state index contributed by atoms with van der Waals surface area (Å²) in [4.78, 5) is 49.4. The average molecular weight is 476 g/mol. The number of nitrogens with one attached hydrogen (secondary N) is 2. The second-order valence-corrected chi connectivity index (χ2v) is 7.49. The molecule has 10 nitrogen and oxygen atoms in total. The number of halogens is 1. The van der Waals surface area contributed by atoms with Gasteiger partial charge in [-0.15, -0.1) is 0 Å². The Hall–Kier alpha value is -3.79. The summed E-state index contributed by atoms with van der Waals surface area (Å²) in [6.45, 7) is -0.627. The number of ether oxygens (including phenoxy) is 3. The van der Waals surface area contributed by atoms with E-state index in [1.54, 1.807) is 42.5 Å². The fraction of sp³-hybridized carbons (Fsp3) is 0.273. The third-order valence-electron chi connectivity index (χ3n) is 4.80. The molecule has 1 aliphatic rings. The Bertz CT molecular complexity index is 1050. The van der Waals surface area contributed by atoms with Gasteiger partial charge < -0.3 is 19.5 Å². The highest BCUT2D eigenvalue weighted by Gasteiger charge is 2.37. The molecule has 1 atom stereocenters. The molecule has 0 aliphatic carbocycles. The SMILES string of the molecule is COc1cccc(OC)c1C(=O)NN1C[C@@H](C(=O)OCC(=O)Nc2cccc(Cl)c2)CC1=O. The molecule has 2 N–H and O–H groups in total. The molecule has 1 heterocycles. The molecule has 174 valence electrons. The van der Waals surface area contributed by atoms with Crippen molar-refractivity contribution in [2.24, 2.45) is 5.92 Å². The van der Waals surface area contributed by atoms with Gasteiger partial charge in [-0.1, -0.05) is 23.7 Å². The summed E-state index contributed by atoms with van der Waals surface area (Å²) in [6.07, 6.45) is -0.169. The summed E-state index contributed by atoms with van der Waals surface area (Å²) in [5, 5.41) is 4.03. The van der Waals surface area contributed by atoms with E-state index in [1.807, 2.05) is 0 Å². The molecule has 3 amide bonds. The lowest BCUT2D eigenvalue weighted by Gasteiger charge is -2.19. The zero-order valence-corrected chi connectivity index (χ0v) is 18.7. The van der Waals surface area contributed by atoms with Crippen LogP contribution in [0.15, 0.2) is 42.5 Å². The highest BCUT2D eigenvalue weighted by atomic mass is 35.5. The number of esters is 1. The number of carbonyl (C=O) groups excluding carboxylic acids is 4. The first-order chi connectivity index (χ1) is 15.8. The maximum absolute atomic E-state index is 12.8. The number of carbonyl (C=O) groups is 4. The van der Waals surface area contributed by atoms with E-state index in [2.05, 4.69) is 10.7 Å². The molecular weight excluding hydrogens is 454 g/mol. The van der Waals surface area contributed by atoms with Crippen molar-refractivity contribution < 1.29 is 33.4 Å². The number of nitrogens with zero attached hydrogens (tertiary/aromatic N) is 1. The fourth-order valence-corrected chi connectivity index (χ4v) is 3.44. The Morgan fingerprint density at radius 2 is 1.76 bits per heavy atom. The van der Waals surface area contributed by atoms with E-state index in [1.165, 1.54) is 14.2 Å². The third-order valence-corrected chi connectivity index (χ3v) is 5.04. The highest BCUT2D eigenvalue weighted by Crippen LogP contribution is 2.28. The van der Waals surface area contributed by atoms with Gasteiger partial charge in [-0.05, 0) is 30.3 Å². The molecule has 33 heavy (non-hydrogen) atoms. The van der Waals surface area contributed by atoms with Crippen molar-refractivity contribution in [1.29, 1.82) is 0 Å². The van der Waals surface area contributed by atoms with Gasteiger partial charge in [0.1, 0.15) is 17.1 Å². The molecule has 0 unspecified atom stereocenters. The Balaban J connectivity index is 1.55. The lowest BCUT2D eigenvalue weighted by molar-refractivity contribution is -0.151. The zero-order chi connectivity index (χ0) is 24.0. The van der Waals surface area contributed by atoms with E-state index < -0.39 is 36.2 Å². The number of methoxy groups -OCH3 is 2. The van der Waals surface area contributed by atoms with Crippen LogP contribution in [0.4, 0.5) is 5.69 Å². The van der Waals surface area contributed by atoms with Crippen molar-refractivity contribution in [3.05, 3.63) is 53.1 Å². The number of hydrogen-bond acceptors (Lipinski definition) is 7. The number of hydrogen-bond donors (Lipinski definition) is 2. The summed E-state index contributed by atoms with van der Waals surface area (Å²) in [5.41, 5.74) is 3.04. The van der Waals surface area contributed by atoms with Crippen LogP contribution in [0.3, 0.4) is 0 Å². The van der Waals surface area contributed by atoms with Crippen LogP contribution < -0.4 is 20.2 Å². The normalized spacial score (nSPS) is 15.1. The highest BCUT2D eigenvalue weighted by molar-refractivity contribution is 6.30. The first-order valence-electron chi connectivity index (χ1n) is 9.86. The minimum absolute atomic E-state index is 0.100. The Morgan fingerprint density at radius 1 is 1.09 bits per heavy atom. The van der Waals surface area contributed by atoms with Crippen molar-refractivity contribution in [2.45, 2.75) is 6.42 Å². The second kappa shape index (κ2) is 10.7. The van der Waals surface area contributed by atoms with Gasteiger partial charge in [-0.25, -0.2) is 0 Å². The van der Waals surface area contributed by atoms with Gasteiger partial charge in [0.15, 0.2) is 6.61 Å². The van der Waals surface area contributed by atoms with Crippen LogP contribution in [0.25, 0.3) is 0 Å². The monoisotopic (exact) mass is 475 g/mol. The van der Waals surface area contributed by atoms with Gasteiger partial charge in [0, 0.05) is 17.1 Å². The van der Waals surface area contributed by atoms with Crippen LogP contribution in [0.1, 0.15) is 16.8 Å². The van der Waals surface area contributed by atoms with Crippen LogP contribution in [-0.2, 0) is 19.1 Å². The summed E-state index contributed by atoms with van der Waals surface area (Å²) >= 11 is 5.86. The number of hydrazine groups is 1. The third kappa shape index (κ3) is 5.92. The minimum Gasteiger partial charge on any atom is -0.496 e. The van der Waals surface area contributed by atoms with Crippen molar-refractivity contribution in [3.63, 3.8) is 0 Å². The standard InChI is InChI=1S/C22H22ClN3O7/c1-31-16-7-4-8-17(32-2)20(16)21(29)25-26-11-13(9-19(26)28)22(30)33-12-18(27)24-15-6-3-5-14(23)10-15/h3-8,10,13H,9,11-12H2,1-2H3,(H,24,27)(H,25,29)/t13-/m0/s1. The topological polar surface area (TPSA) is 123 Å². The average Bonchev–Trinajstić information content (AvgIpc) is 3.16. The first-order valence-corrected chi connectivity index (χ1v) is 10.2. The lowest BCUT2D eigenvalue weighted by Crippen LogP contribution is -2.43. The number of amides is 3. The van der Waals surface area contributed by atoms with Gasteiger partial charge in [0.25, 0.3) is 11.8 Å². The summed E-state index contributed by atoms with van der Waals surface area (Å²) < 4.78 is 15.4. The van der Waals surface area contributed by atoms with Crippen LogP contribution in [0.2, 0.25) is 5.02 Å². The van der Waals surface area contributed by atoms with Gasteiger partial charge in [-0.3, -0.25) is 29.6 Å². The predicted octanol–water partition coefficient (Wildman–Crippen LogP) is 2.03. The van der Waals surface area contributed by atoms with Crippen LogP contribution in [0, 0.1) is 5.92 Å². The first kappa shape index (κ1) is 23.9. The molecule has 1 saturated heterocycles. The van der Waals surface area contributed by atoms with Crippen molar-refractivity contribution in [3.8, 4) is 11.5 Å². The minimum atomic E-state index is -0.837. The maximum atomic E-state index is 12.8. The van der Waals surface area contributed by atoms with E-state index in [-0.39, 0.29) is 30.0 Å². The number of benzene rings is 2. The summed E-state index contributed by atoms with van der Waals surface area (Å²) in [7, 11) is 2.81. The van der Waals surface area contributed by atoms with E-state index >= 15 is 0 Å². The number of rotatable bonds is 8. The maximum Gasteiger partial charge on any atom is 0.311 e. The largest absolute Gasteiger partial charge is 0.496 e. The van der Waals surface area contributed by atoms with E-state index in [9.17, 15) is 19.2 Å². The molecule has 11 heteroatoms. The number of anilines is 1. The van der Waals surface area contributed by atoms with Crippen LogP contribution in [-0.4, -0.2) is 56.1 Å². The molecule has 0 bridgehead atoms. The van der Waals surface area contributed by atoms with Crippen molar-refractivity contribution in [1.82, 2.24) is 10.4 Å². The zero-order valence-electron chi connectivity index (χ0n) is 17.9. The van der Waals surface area contributed by atoms with Crippen molar-refractivity contribution in [2.75, 3.05) is 32.7 Å². The molecule has 0 aromatic heterocycles. The van der Waals surface area contributed by atoms with Crippen LogP contribution >= 0.6 is 11.6 Å². The fourth-order valence-electron chi connectivity index (χ4n) is 3.24. The molecule has 2 aromatic rings. The Kier molecular flexibility index (Phi) is 7.73.